The summed E-state index contributed by atoms with van der Waals surface area (Å²) in [5.74, 6) is -0.597. The van der Waals surface area contributed by atoms with Crippen molar-refractivity contribution in [2.24, 2.45) is 0 Å². The summed E-state index contributed by atoms with van der Waals surface area (Å²) >= 11 is 0. The molecule has 5 heteroatoms. The molecule has 1 amide bonds. The summed E-state index contributed by atoms with van der Waals surface area (Å²) in [6.45, 7) is 7.35. The van der Waals surface area contributed by atoms with E-state index in [2.05, 4.69) is 18.7 Å². The average Bonchev–Trinajstić information content (AvgIpc) is 3.16. The molecule has 2 aliphatic heterocycles. The molecule has 2 fully saturated rings. The third kappa shape index (κ3) is 3.07. The van der Waals surface area contributed by atoms with Crippen molar-refractivity contribution in [1.29, 1.82) is 0 Å². The first kappa shape index (κ1) is 18.9. The van der Waals surface area contributed by atoms with E-state index in [1.807, 2.05) is 11.0 Å². The maximum absolute atomic E-state index is 13.8. The van der Waals surface area contributed by atoms with E-state index in [0.29, 0.717) is 24.2 Å². The highest BCUT2D eigenvalue weighted by molar-refractivity contribution is 5.95. The molecule has 2 aromatic rings. The van der Waals surface area contributed by atoms with Crippen LogP contribution in [0.2, 0.25) is 0 Å². The molecule has 0 N–H and O–H groups in total. The Labute approximate surface area is 165 Å². The zero-order valence-electron chi connectivity index (χ0n) is 16.6. The second-order valence-corrected chi connectivity index (χ2v) is 8.80. The lowest BCUT2D eigenvalue weighted by molar-refractivity contribution is 0.0617. The number of benzene rings is 2. The number of rotatable bonds is 2. The van der Waals surface area contributed by atoms with Crippen molar-refractivity contribution in [1.82, 2.24) is 4.90 Å². The van der Waals surface area contributed by atoms with Crippen LogP contribution in [0.4, 0.5) is 14.5 Å². The normalized spacial score (nSPS) is 23.6. The van der Waals surface area contributed by atoms with Crippen molar-refractivity contribution >= 4 is 11.6 Å². The van der Waals surface area contributed by atoms with Crippen LogP contribution in [0.1, 0.15) is 49.0 Å². The minimum absolute atomic E-state index is 0.0440. The Kier molecular flexibility index (Phi) is 4.44. The lowest BCUT2D eigenvalue weighted by Gasteiger charge is -2.35. The summed E-state index contributed by atoms with van der Waals surface area (Å²) in [6, 6.07) is 11.2. The van der Waals surface area contributed by atoms with Crippen molar-refractivity contribution < 1.29 is 13.6 Å². The van der Waals surface area contributed by atoms with Crippen LogP contribution in [0.5, 0.6) is 0 Å². The van der Waals surface area contributed by atoms with Gasteiger partial charge in [0.25, 0.3) is 5.91 Å². The molecule has 0 bridgehead atoms. The van der Waals surface area contributed by atoms with Gasteiger partial charge in [-0.05, 0) is 82.0 Å². The van der Waals surface area contributed by atoms with Gasteiger partial charge in [0.05, 0.1) is 5.54 Å². The van der Waals surface area contributed by atoms with Gasteiger partial charge in [-0.2, -0.15) is 0 Å². The van der Waals surface area contributed by atoms with E-state index in [0.717, 1.165) is 24.9 Å². The van der Waals surface area contributed by atoms with Crippen LogP contribution >= 0.6 is 0 Å². The molecule has 2 aromatic carbocycles. The Balaban J connectivity index is 1.66. The zero-order chi connectivity index (χ0) is 20.1. The average molecular weight is 384 g/mol. The van der Waals surface area contributed by atoms with Gasteiger partial charge in [0.2, 0.25) is 0 Å². The predicted molar refractivity (Wildman–Crippen MR) is 107 cm³/mol. The molecule has 2 heterocycles. The quantitative estimate of drug-likeness (QED) is 0.732. The second-order valence-electron chi connectivity index (χ2n) is 8.80. The second kappa shape index (κ2) is 6.57. The van der Waals surface area contributed by atoms with Crippen LogP contribution in [-0.2, 0) is 0 Å². The summed E-state index contributed by atoms with van der Waals surface area (Å²) in [5.41, 5.74) is 1.37. The number of likely N-dealkylation sites (tertiary alicyclic amines) is 1. The molecule has 3 nitrogen and oxygen atoms in total. The Morgan fingerprint density at radius 3 is 2.61 bits per heavy atom. The van der Waals surface area contributed by atoms with Crippen molar-refractivity contribution in [3.8, 4) is 0 Å². The summed E-state index contributed by atoms with van der Waals surface area (Å²) in [7, 11) is 0. The molecule has 28 heavy (non-hydrogen) atoms. The highest BCUT2D eigenvalue weighted by Crippen LogP contribution is 2.47. The number of amides is 1. The molecular formula is C23H26F2N2O. The molecule has 1 spiro atoms. The van der Waals surface area contributed by atoms with E-state index >= 15 is 0 Å². The fourth-order valence-electron chi connectivity index (χ4n) is 5.09. The van der Waals surface area contributed by atoms with Crippen molar-refractivity contribution in [3.63, 3.8) is 0 Å². The highest BCUT2D eigenvalue weighted by Gasteiger charge is 2.54. The molecule has 148 valence electrons. The van der Waals surface area contributed by atoms with Gasteiger partial charge in [0.1, 0.15) is 11.6 Å². The van der Waals surface area contributed by atoms with E-state index in [1.54, 1.807) is 31.2 Å². The van der Waals surface area contributed by atoms with Crippen LogP contribution in [-0.4, -0.2) is 35.0 Å². The third-order valence-electron chi connectivity index (χ3n) is 6.31. The molecular weight excluding hydrogens is 358 g/mol. The van der Waals surface area contributed by atoms with Gasteiger partial charge in [0.15, 0.2) is 0 Å². The van der Waals surface area contributed by atoms with Crippen LogP contribution < -0.4 is 4.90 Å². The van der Waals surface area contributed by atoms with E-state index < -0.39 is 0 Å². The standard InChI is InChI=1S/C23H26F2N2O/c1-16-12-17(8-9-20(16)25)21(28)26-11-5-10-23(26)14-22(2,3)27(15-23)19-7-4-6-18(24)13-19/h4,6-9,12-13H,5,10-11,14-15H2,1-3H3. The van der Waals surface area contributed by atoms with Crippen LogP contribution in [0, 0.1) is 18.6 Å². The van der Waals surface area contributed by atoms with Crippen LogP contribution in [0.3, 0.4) is 0 Å². The number of halogens is 2. The van der Waals surface area contributed by atoms with Gasteiger partial charge < -0.3 is 9.80 Å². The van der Waals surface area contributed by atoms with Gasteiger partial charge in [0, 0.05) is 29.9 Å². The Morgan fingerprint density at radius 1 is 1.11 bits per heavy atom. The Bertz CT molecular complexity index is 927. The van der Waals surface area contributed by atoms with Gasteiger partial charge in [-0.25, -0.2) is 8.78 Å². The summed E-state index contributed by atoms with van der Waals surface area (Å²) < 4.78 is 27.5. The summed E-state index contributed by atoms with van der Waals surface area (Å²) in [4.78, 5) is 17.5. The monoisotopic (exact) mass is 384 g/mol. The molecule has 0 aliphatic carbocycles. The molecule has 0 aromatic heterocycles. The number of anilines is 1. The van der Waals surface area contributed by atoms with Gasteiger partial charge in [-0.1, -0.05) is 6.07 Å². The topological polar surface area (TPSA) is 23.6 Å². The number of hydrogen-bond donors (Lipinski definition) is 0. The zero-order valence-corrected chi connectivity index (χ0v) is 16.6. The third-order valence-corrected chi connectivity index (χ3v) is 6.31. The fraction of sp³-hybridized carbons (Fsp3) is 0.435. The van der Waals surface area contributed by atoms with Gasteiger partial charge in [-0.3, -0.25) is 4.79 Å². The largest absolute Gasteiger partial charge is 0.364 e. The fourth-order valence-corrected chi connectivity index (χ4v) is 5.09. The number of carbonyl (C=O) groups excluding carboxylic acids is 1. The smallest absolute Gasteiger partial charge is 0.254 e. The molecule has 1 atom stereocenters. The number of nitrogens with zero attached hydrogens (tertiary/aromatic N) is 2. The molecule has 0 saturated carbocycles. The van der Waals surface area contributed by atoms with Gasteiger partial charge in [-0.15, -0.1) is 0 Å². The van der Waals surface area contributed by atoms with Crippen LogP contribution in [0.25, 0.3) is 0 Å². The molecule has 0 radical (unpaired) electrons. The first-order valence-electron chi connectivity index (χ1n) is 9.83. The van der Waals surface area contributed by atoms with E-state index in [9.17, 15) is 13.6 Å². The SMILES string of the molecule is Cc1cc(C(=O)N2CCCC23CN(c2cccc(F)c2)C(C)(C)C3)ccc1F. The Hall–Kier alpha value is -2.43. The van der Waals surface area contributed by atoms with E-state index in [-0.39, 0.29) is 28.6 Å². The lowest BCUT2D eigenvalue weighted by atomic mass is 9.87. The summed E-state index contributed by atoms with van der Waals surface area (Å²) in [6.07, 6.45) is 2.69. The van der Waals surface area contributed by atoms with Gasteiger partial charge >= 0.3 is 0 Å². The number of aryl methyl sites for hydroxylation is 1. The first-order valence-corrected chi connectivity index (χ1v) is 9.83. The van der Waals surface area contributed by atoms with Crippen molar-refractivity contribution in [2.75, 3.05) is 18.0 Å². The molecule has 2 aliphatic rings. The van der Waals surface area contributed by atoms with E-state index in [1.165, 1.54) is 12.1 Å². The predicted octanol–water partition coefficient (Wildman–Crippen LogP) is 4.94. The molecule has 2 saturated heterocycles. The summed E-state index contributed by atoms with van der Waals surface area (Å²) in [5, 5.41) is 0. The van der Waals surface area contributed by atoms with Crippen LogP contribution in [0.15, 0.2) is 42.5 Å². The maximum Gasteiger partial charge on any atom is 0.254 e. The minimum Gasteiger partial charge on any atom is -0.364 e. The number of hydrogen-bond acceptors (Lipinski definition) is 2. The van der Waals surface area contributed by atoms with E-state index in [4.69, 9.17) is 0 Å². The molecule has 1 unspecified atom stereocenters. The lowest BCUT2D eigenvalue weighted by Crippen LogP contribution is -2.49. The van der Waals surface area contributed by atoms with Crippen molar-refractivity contribution in [2.45, 2.75) is 51.1 Å². The maximum atomic E-state index is 13.8. The minimum atomic E-state index is -0.299. The number of carbonyl (C=O) groups is 1. The Morgan fingerprint density at radius 2 is 1.89 bits per heavy atom. The van der Waals surface area contributed by atoms with Crippen molar-refractivity contribution in [3.05, 3.63) is 65.2 Å². The first-order chi connectivity index (χ1) is 13.2. The highest BCUT2D eigenvalue weighted by atomic mass is 19.1. The molecule has 4 rings (SSSR count).